The largest absolute Gasteiger partial charge is 0.383 e. The van der Waals surface area contributed by atoms with E-state index < -0.39 is 5.92 Å². The molecule has 1 nitrogen and oxygen atoms in total. The topological polar surface area (TPSA) is 12.0 Å². The molecule has 1 atom stereocenters. The molecule has 0 aliphatic carbocycles. The van der Waals surface area contributed by atoms with Crippen LogP contribution in [0.25, 0.3) is 0 Å². The maximum Gasteiger partial charge on any atom is 0.264 e. The monoisotopic (exact) mass is 203 g/mol. The van der Waals surface area contributed by atoms with Crippen molar-refractivity contribution in [2.75, 3.05) is 0 Å². The molecule has 3 heteroatoms. The van der Waals surface area contributed by atoms with E-state index in [2.05, 4.69) is 5.32 Å². The molecule has 0 radical (unpaired) electrons. The minimum atomic E-state index is -2.74. The Labute approximate surface area is 84.9 Å². The van der Waals surface area contributed by atoms with Gasteiger partial charge in [0, 0.05) is 18.7 Å². The van der Waals surface area contributed by atoms with Gasteiger partial charge in [0.15, 0.2) is 0 Å². The number of nitrogens with one attached hydrogen (secondary N) is 1. The van der Waals surface area contributed by atoms with Gasteiger partial charge >= 0.3 is 0 Å². The van der Waals surface area contributed by atoms with Crippen LogP contribution in [0.3, 0.4) is 0 Å². The molecular weight excluding hydrogens is 184 g/mol. The lowest BCUT2D eigenvalue weighted by Crippen LogP contribution is -2.23. The molecule has 0 aromatic heterocycles. The molecule has 0 rings (SSSR count). The van der Waals surface area contributed by atoms with Crippen LogP contribution in [-0.2, 0) is 0 Å². The van der Waals surface area contributed by atoms with E-state index in [0.29, 0.717) is 6.04 Å². The Morgan fingerprint density at radius 2 is 2.07 bits per heavy atom. The first-order valence-corrected chi connectivity index (χ1v) is 4.89. The van der Waals surface area contributed by atoms with Gasteiger partial charge in [-0.05, 0) is 32.4 Å². The molecule has 0 aromatic carbocycles. The fourth-order valence-corrected chi connectivity index (χ4v) is 0.850. The normalized spacial score (nSPS) is 16.0. The molecule has 82 valence electrons. The molecule has 0 aliphatic rings. The number of hydrogen-bond donors (Lipinski definition) is 1. The van der Waals surface area contributed by atoms with Crippen molar-refractivity contribution < 1.29 is 8.78 Å². The van der Waals surface area contributed by atoms with Gasteiger partial charge < -0.3 is 5.32 Å². The van der Waals surface area contributed by atoms with E-state index in [1.165, 1.54) is 6.08 Å². The van der Waals surface area contributed by atoms with Crippen molar-refractivity contribution in [2.45, 2.75) is 46.1 Å². The lowest BCUT2D eigenvalue weighted by atomic mass is 10.2. The first kappa shape index (κ1) is 13.1. The molecule has 0 heterocycles. The van der Waals surface area contributed by atoms with Gasteiger partial charge in [0.05, 0.1) is 0 Å². The molecule has 0 aromatic rings. The van der Waals surface area contributed by atoms with Gasteiger partial charge in [-0.3, -0.25) is 0 Å². The Kier molecular flexibility index (Phi) is 5.43. The predicted octanol–water partition coefficient (Wildman–Crippen LogP) is 3.49. The van der Waals surface area contributed by atoms with Crippen LogP contribution in [0, 0.1) is 0 Å². The number of allylic oxidation sites excluding steroid dienone is 3. The second kappa shape index (κ2) is 5.78. The maximum atomic E-state index is 12.5. The van der Waals surface area contributed by atoms with Crippen LogP contribution in [0.5, 0.6) is 0 Å². The quantitative estimate of drug-likeness (QED) is 0.674. The summed E-state index contributed by atoms with van der Waals surface area (Å²) in [7, 11) is 0. The Balaban J connectivity index is 4.26. The fraction of sp³-hybridized carbons (Fsp3) is 0.636. The van der Waals surface area contributed by atoms with Crippen LogP contribution >= 0.6 is 0 Å². The molecule has 1 N–H and O–H groups in total. The maximum absolute atomic E-state index is 12.5. The molecule has 0 aliphatic heterocycles. The van der Waals surface area contributed by atoms with Crippen LogP contribution in [0.15, 0.2) is 23.9 Å². The summed E-state index contributed by atoms with van der Waals surface area (Å²) in [5.74, 6) is -2.74. The first-order chi connectivity index (χ1) is 6.39. The molecular formula is C11H19F2N. The van der Waals surface area contributed by atoms with Gasteiger partial charge in [0.1, 0.15) is 0 Å². The van der Waals surface area contributed by atoms with Gasteiger partial charge in [-0.15, -0.1) is 0 Å². The summed E-state index contributed by atoms with van der Waals surface area (Å²) in [6.45, 7) is 6.76. The summed E-state index contributed by atoms with van der Waals surface area (Å²) in [5.41, 5.74) is 0.737. The summed E-state index contributed by atoms with van der Waals surface area (Å²) in [6, 6.07) is 0.302. The zero-order valence-electron chi connectivity index (χ0n) is 9.27. The minimum Gasteiger partial charge on any atom is -0.383 e. The highest BCUT2D eigenvalue weighted by Crippen LogP contribution is 2.14. The zero-order chi connectivity index (χ0) is 11.2. The van der Waals surface area contributed by atoms with Crippen molar-refractivity contribution in [3.05, 3.63) is 23.9 Å². The Bertz CT molecular complexity index is 214. The van der Waals surface area contributed by atoms with Gasteiger partial charge in [0.25, 0.3) is 5.92 Å². The minimum absolute atomic E-state index is 0.302. The van der Waals surface area contributed by atoms with Gasteiger partial charge in [-0.1, -0.05) is 13.0 Å². The van der Waals surface area contributed by atoms with Crippen LogP contribution in [-0.4, -0.2) is 12.0 Å². The molecule has 1 unspecified atom stereocenters. The number of hydrogen-bond acceptors (Lipinski definition) is 1. The van der Waals surface area contributed by atoms with Gasteiger partial charge in [-0.25, -0.2) is 8.78 Å². The van der Waals surface area contributed by atoms with Gasteiger partial charge in [-0.2, -0.15) is 0 Å². The lowest BCUT2D eigenvalue weighted by molar-refractivity contribution is 0.0773. The Morgan fingerprint density at radius 3 is 2.43 bits per heavy atom. The van der Waals surface area contributed by atoms with Crippen molar-refractivity contribution in [3.63, 3.8) is 0 Å². The van der Waals surface area contributed by atoms with Crippen LogP contribution in [0.4, 0.5) is 8.78 Å². The standard InChI is InChI=1S/C11H19F2N/c1-5-9(3)14-10(6-2)7-8-11(4,12)13/h6-9,14H,5H2,1-4H3/b8-7-,10-6+. The summed E-state index contributed by atoms with van der Waals surface area (Å²) in [5, 5.41) is 3.13. The zero-order valence-corrected chi connectivity index (χ0v) is 9.27. The van der Waals surface area contributed by atoms with Crippen LogP contribution < -0.4 is 5.32 Å². The number of rotatable bonds is 5. The molecule has 0 amide bonds. The summed E-state index contributed by atoms with van der Waals surface area (Å²) in [6.07, 6.45) is 5.08. The molecule has 0 spiro atoms. The molecule has 0 saturated carbocycles. The van der Waals surface area contributed by atoms with Crippen molar-refractivity contribution in [2.24, 2.45) is 0 Å². The molecule has 0 bridgehead atoms. The number of alkyl halides is 2. The average Bonchev–Trinajstić information content (AvgIpc) is 2.10. The van der Waals surface area contributed by atoms with E-state index in [-0.39, 0.29) is 0 Å². The highest BCUT2D eigenvalue weighted by molar-refractivity contribution is 5.18. The number of halogens is 2. The molecule has 0 fully saturated rings. The summed E-state index contributed by atoms with van der Waals surface area (Å²) < 4.78 is 25.0. The fourth-order valence-electron chi connectivity index (χ4n) is 0.850. The second-order valence-electron chi connectivity index (χ2n) is 3.49. The Hall–Kier alpha value is -0.860. The van der Waals surface area contributed by atoms with Gasteiger partial charge in [0.2, 0.25) is 0 Å². The van der Waals surface area contributed by atoms with Crippen molar-refractivity contribution >= 4 is 0 Å². The van der Waals surface area contributed by atoms with E-state index in [0.717, 1.165) is 25.1 Å². The smallest absolute Gasteiger partial charge is 0.264 e. The van der Waals surface area contributed by atoms with E-state index >= 15 is 0 Å². The SMILES string of the molecule is C/C=C(\C=C/C(C)(F)F)NC(C)CC. The lowest BCUT2D eigenvalue weighted by Gasteiger charge is -2.14. The van der Waals surface area contributed by atoms with Crippen LogP contribution in [0.2, 0.25) is 0 Å². The van der Waals surface area contributed by atoms with E-state index in [4.69, 9.17) is 0 Å². The molecule has 14 heavy (non-hydrogen) atoms. The van der Waals surface area contributed by atoms with E-state index in [9.17, 15) is 8.78 Å². The highest BCUT2D eigenvalue weighted by Gasteiger charge is 2.15. The predicted molar refractivity (Wildman–Crippen MR) is 56.4 cm³/mol. The van der Waals surface area contributed by atoms with E-state index in [1.807, 2.05) is 20.8 Å². The van der Waals surface area contributed by atoms with Crippen molar-refractivity contribution in [1.82, 2.24) is 5.32 Å². The van der Waals surface area contributed by atoms with Crippen molar-refractivity contribution in [3.8, 4) is 0 Å². The summed E-state index contributed by atoms with van der Waals surface area (Å²) in [4.78, 5) is 0. The Morgan fingerprint density at radius 1 is 1.50 bits per heavy atom. The molecule has 0 saturated heterocycles. The first-order valence-electron chi connectivity index (χ1n) is 4.89. The van der Waals surface area contributed by atoms with E-state index in [1.54, 1.807) is 6.08 Å². The third kappa shape index (κ3) is 6.63. The third-order valence-electron chi connectivity index (χ3n) is 1.89. The average molecular weight is 203 g/mol. The second-order valence-corrected chi connectivity index (χ2v) is 3.49. The highest BCUT2D eigenvalue weighted by atomic mass is 19.3. The summed E-state index contributed by atoms with van der Waals surface area (Å²) >= 11 is 0. The van der Waals surface area contributed by atoms with Crippen LogP contribution in [0.1, 0.15) is 34.1 Å². The third-order valence-corrected chi connectivity index (χ3v) is 1.89. The van der Waals surface area contributed by atoms with Crippen molar-refractivity contribution in [1.29, 1.82) is 0 Å².